The highest BCUT2D eigenvalue weighted by atomic mass is 35.5. The van der Waals surface area contributed by atoms with Crippen LogP contribution in [0.5, 0.6) is 5.75 Å². The third-order valence-electron chi connectivity index (χ3n) is 7.51. The van der Waals surface area contributed by atoms with Crippen LogP contribution in [0.15, 0.2) is 48.5 Å². The van der Waals surface area contributed by atoms with Crippen molar-refractivity contribution < 1.29 is 32.3 Å². The first kappa shape index (κ1) is 32.9. The van der Waals surface area contributed by atoms with Crippen LogP contribution in [0.1, 0.15) is 64.4 Å². The first-order chi connectivity index (χ1) is 19.3. The Morgan fingerprint density at radius 1 is 0.976 bits per heavy atom. The van der Waals surface area contributed by atoms with E-state index in [1.54, 1.807) is 30.3 Å². The van der Waals surface area contributed by atoms with Gasteiger partial charge in [0.25, 0.3) is 5.91 Å². The largest absolute Gasteiger partial charge is 0.480 e. The molecule has 1 fully saturated rings. The van der Waals surface area contributed by atoms with E-state index in [1.807, 2.05) is 0 Å². The number of ether oxygens (including phenoxy) is 1. The molecule has 3 atom stereocenters. The Hall–Kier alpha value is -2.58. The van der Waals surface area contributed by atoms with Gasteiger partial charge in [-0.3, -0.25) is 14.4 Å². The Labute approximate surface area is 249 Å². The van der Waals surface area contributed by atoms with Gasteiger partial charge in [0, 0.05) is 22.4 Å². The normalized spacial score (nSPS) is 16.6. The number of hydrogen-bond donors (Lipinski definition) is 1. The molecule has 1 aliphatic rings. The maximum atomic E-state index is 13.7. The van der Waals surface area contributed by atoms with Crippen LogP contribution in [0.25, 0.3) is 0 Å². The first-order valence-electron chi connectivity index (χ1n) is 13.9. The Balaban J connectivity index is 1.87. The van der Waals surface area contributed by atoms with Crippen molar-refractivity contribution in [2.24, 2.45) is 17.8 Å². The van der Waals surface area contributed by atoms with Crippen molar-refractivity contribution in [3.8, 4) is 5.75 Å². The Kier molecular flexibility index (Phi) is 12.1. The average molecular weight is 615 g/mol. The Bertz CT molecular complexity index is 1160. The number of carbonyl (C=O) groups excluding carboxylic acids is 3. The first-order valence-corrected chi connectivity index (χ1v) is 14.7. The highest BCUT2D eigenvalue weighted by Gasteiger charge is 2.45. The Morgan fingerprint density at radius 2 is 1.59 bits per heavy atom. The van der Waals surface area contributed by atoms with E-state index < -0.39 is 54.1 Å². The van der Waals surface area contributed by atoms with E-state index in [1.165, 1.54) is 32.0 Å². The van der Waals surface area contributed by atoms with Gasteiger partial charge in [0.1, 0.15) is 5.75 Å². The smallest absolute Gasteiger partial charge is 0.450 e. The van der Waals surface area contributed by atoms with Gasteiger partial charge in [0.15, 0.2) is 11.9 Å². The lowest BCUT2D eigenvalue weighted by Gasteiger charge is -2.29. The predicted octanol–water partition coefficient (Wildman–Crippen LogP) is 7.80. The third-order valence-corrected chi connectivity index (χ3v) is 7.95. The zero-order chi connectivity index (χ0) is 30.2. The van der Waals surface area contributed by atoms with Gasteiger partial charge >= 0.3 is 6.18 Å². The van der Waals surface area contributed by atoms with Crippen LogP contribution in [0, 0.1) is 17.8 Å². The van der Waals surface area contributed by atoms with Crippen LogP contribution in [0.3, 0.4) is 0 Å². The van der Waals surface area contributed by atoms with Crippen molar-refractivity contribution in [1.82, 2.24) is 5.32 Å². The number of rotatable bonds is 13. The second-order valence-corrected chi connectivity index (χ2v) is 12.0. The van der Waals surface area contributed by atoms with Crippen molar-refractivity contribution in [2.45, 2.75) is 83.5 Å². The summed E-state index contributed by atoms with van der Waals surface area (Å²) in [5, 5.41) is 3.41. The second-order valence-electron chi connectivity index (χ2n) is 11.1. The summed E-state index contributed by atoms with van der Waals surface area (Å²) in [6.07, 6.45) is -1.18. The molecule has 1 aliphatic carbocycles. The van der Waals surface area contributed by atoms with E-state index in [2.05, 4.69) is 5.32 Å². The standard InChI is InChI=1S/C31H36Cl2F3NO4/c1-19(2)25(29(39)31(34,35)36)18-27(38)26(13-20-9-5-3-6-10-20)37-30(40)28(14-21-11-7-4-8-12-21)41-24-16-22(32)15-23(33)17-24/h3,5-6,9-10,15-17,19,21,25-26,28H,4,7-8,11-14,18H2,1-2H3,(H,37,40)/t25-,26-,28?/m0/s1. The van der Waals surface area contributed by atoms with Gasteiger partial charge in [-0.2, -0.15) is 13.2 Å². The summed E-state index contributed by atoms with van der Waals surface area (Å²) < 4.78 is 46.0. The van der Waals surface area contributed by atoms with Crippen LogP contribution < -0.4 is 10.1 Å². The summed E-state index contributed by atoms with van der Waals surface area (Å²) >= 11 is 12.3. The monoisotopic (exact) mass is 613 g/mol. The molecule has 2 aromatic rings. The minimum absolute atomic E-state index is 0.0512. The zero-order valence-electron chi connectivity index (χ0n) is 23.2. The summed E-state index contributed by atoms with van der Waals surface area (Å²) in [6.45, 7) is 2.94. The van der Waals surface area contributed by atoms with E-state index in [9.17, 15) is 27.6 Å². The number of carbonyl (C=O) groups is 3. The molecule has 41 heavy (non-hydrogen) atoms. The van der Waals surface area contributed by atoms with Crippen LogP contribution in [-0.4, -0.2) is 35.8 Å². The summed E-state index contributed by atoms with van der Waals surface area (Å²) in [5.74, 6) is -4.92. The Morgan fingerprint density at radius 3 is 2.15 bits per heavy atom. The van der Waals surface area contributed by atoms with Crippen molar-refractivity contribution in [2.75, 3.05) is 0 Å². The lowest BCUT2D eigenvalue weighted by Crippen LogP contribution is -2.49. The lowest BCUT2D eigenvalue weighted by molar-refractivity contribution is -0.177. The molecule has 0 aromatic heterocycles. The van der Waals surface area contributed by atoms with E-state index in [-0.39, 0.29) is 12.3 Å². The quantitative estimate of drug-likeness (QED) is 0.250. The fourth-order valence-corrected chi connectivity index (χ4v) is 5.76. The van der Waals surface area contributed by atoms with E-state index in [0.717, 1.165) is 32.1 Å². The highest BCUT2D eigenvalue weighted by Crippen LogP contribution is 2.31. The molecule has 1 saturated carbocycles. The molecule has 1 N–H and O–H groups in total. The molecular formula is C31H36Cl2F3NO4. The zero-order valence-corrected chi connectivity index (χ0v) is 24.7. The third kappa shape index (κ3) is 10.3. The van der Waals surface area contributed by atoms with E-state index >= 15 is 0 Å². The molecule has 1 amide bonds. The molecule has 2 aromatic carbocycles. The van der Waals surface area contributed by atoms with Crippen LogP contribution >= 0.6 is 23.2 Å². The number of halogens is 5. The van der Waals surface area contributed by atoms with Gasteiger partial charge in [0.05, 0.1) is 6.04 Å². The minimum Gasteiger partial charge on any atom is -0.480 e. The number of nitrogens with one attached hydrogen (secondary N) is 1. The molecule has 0 spiro atoms. The summed E-state index contributed by atoms with van der Waals surface area (Å²) in [6, 6.07) is 12.3. The predicted molar refractivity (Wildman–Crippen MR) is 153 cm³/mol. The number of alkyl halides is 3. The van der Waals surface area contributed by atoms with Gasteiger partial charge in [-0.25, -0.2) is 0 Å². The van der Waals surface area contributed by atoms with Crippen molar-refractivity contribution in [3.05, 3.63) is 64.1 Å². The molecule has 0 heterocycles. The summed E-state index contributed by atoms with van der Waals surface area (Å²) in [4.78, 5) is 39.3. The number of benzene rings is 2. The lowest BCUT2D eigenvalue weighted by atomic mass is 9.84. The van der Waals surface area contributed by atoms with E-state index in [0.29, 0.717) is 27.8 Å². The molecule has 1 unspecified atom stereocenters. The maximum absolute atomic E-state index is 13.7. The number of hydrogen-bond acceptors (Lipinski definition) is 4. The molecular weight excluding hydrogens is 578 g/mol. The van der Waals surface area contributed by atoms with Crippen LogP contribution in [0.2, 0.25) is 10.0 Å². The van der Waals surface area contributed by atoms with Gasteiger partial charge in [0.2, 0.25) is 5.78 Å². The van der Waals surface area contributed by atoms with Gasteiger partial charge in [-0.15, -0.1) is 0 Å². The SMILES string of the molecule is CC(C)[C@H](CC(=O)[C@H](Cc1ccccc1)NC(=O)C(CC1CCCCC1)Oc1cc(Cl)cc(Cl)c1)C(=O)C(F)(F)F. The highest BCUT2D eigenvalue weighted by molar-refractivity contribution is 6.34. The van der Waals surface area contributed by atoms with Gasteiger partial charge in [-0.05, 0) is 48.4 Å². The molecule has 0 radical (unpaired) electrons. The fourth-order valence-electron chi connectivity index (χ4n) is 5.26. The molecule has 224 valence electrons. The summed E-state index contributed by atoms with van der Waals surface area (Å²) in [5.41, 5.74) is 0.709. The number of amides is 1. The van der Waals surface area contributed by atoms with E-state index in [4.69, 9.17) is 27.9 Å². The molecule has 10 heteroatoms. The van der Waals surface area contributed by atoms with Crippen LogP contribution in [-0.2, 0) is 20.8 Å². The molecule has 5 nitrogen and oxygen atoms in total. The van der Waals surface area contributed by atoms with Crippen LogP contribution in [0.4, 0.5) is 13.2 Å². The molecule has 0 bridgehead atoms. The molecule has 0 saturated heterocycles. The molecule has 3 rings (SSSR count). The van der Waals surface area contributed by atoms with Crippen molar-refractivity contribution >= 4 is 40.7 Å². The average Bonchev–Trinajstić information content (AvgIpc) is 2.90. The number of ketones is 2. The second kappa shape index (κ2) is 15.1. The number of Topliss-reactive ketones (excluding diaryl/α,β-unsaturated/α-hetero) is 2. The van der Waals surface area contributed by atoms with Gasteiger partial charge in [-0.1, -0.05) is 99.5 Å². The maximum Gasteiger partial charge on any atom is 0.450 e. The fraction of sp³-hybridized carbons (Fsp3) is 0.516. The topological polar surface area (TPSA) is 72.5 Å². The van der Waals surface area contributed by atoms with Gasteiger partial charge < -0.3 is 10.1 Å². The minimum atomic E-state index is -5.06. The van der Waals surface area contributed by atoms with Crippen molar-refractivity contribution in [3.63, 3.8) is 0 Å². The van der Waals surface area contributed by atoms with Crippen molar-refractivity contribution in [1.29, 1.82) is 0 Å². The molecule has 0 aliphatic heterocycles. The summed E-state index contributed by atoms with van der Waals surface area (Å²) in [7, 11) is 0.